The molecule has 3 aromatic rings. The van der Waals surface area contributed by atoms with Gasteiger partial charge in [0.15, 0.2) is 0 Å². The van der Waals surface area contributed by atoms with Gasteiger partial charge in [0.2, 0.25) is 15.9 Å². The van der Waals surface area contributed by atoms with Gasteiger partial charge >= 0.3 is 0 Å². The molecule has 1 aromatic heterocycles. The number of aryl methyl sites for hydroxylation is 2. The maximum Gasteiger partial charge on any atom is 0.243 e. The molecule has 0 unspecified atom stereocenters. The van der Waals surface area contributed by atoms with Crippen LogP contribution in [0.15, 0.2) is 71.8 Å². The lowest BCUT2D eigenvalue weighted by Gasteiger charge is -2.04. The third kappa shape index (κ3) is 6.38. The topological polar surface area (TPSA) is 93.1 Å². The summed E-state index contributed by atoms with van der Waals surface area (Å²) in [6, 6.07) is 16.3. The van der Waals surface area contributed by atoms with E-state index in [1.54, 1.807) is 25.1 Å². The van der Waals surface area contributed by atoms with Crippen LogP contribution < -0.4 is 10.0 Å². The molecule has 0 bridgehead atoms. The second-order valence-corrected chi connectivity index (χ2v) is 9.09. The first-order valence-corrected chi connectivity index (χ1v) is 12.0. The van der Waals surface area contributed by atoms with Gasteiger partial charge in [0.1, 0.15) is 0 Å². The van der Waals surface area contributed by atoms with Crippen LogP contribution >= 0.6 is 0 Å². The fraction of sp³-hybridized carbons (Fsp3) is 0.250. The van der Waals surface area contributed by atoms with E-state index in [0.29, 0.717) is 13.1 Å². The van der Waals surface area contributed by atoms with Gasteiger partial charge in [-0.05, 0) is 61.2 Å². The van der Waals surface area contributed by atoms with Crippen molar-refractivity contribution in [2.75, 3.05) is 13.1 Å². The summed E-state index contributed by atoms with van der Waals surface area (Å²) in [5, 5.41) is 7.44. The summed E-state index contributed by atoms with van der Waals surface area (Å²) in [6.07, 6.45) is 6.77. The van der Waals surface area contributed by atoms with Crippen LogP contribution in [0.25, 0.3) is 11.8 Å². The number of aromatic nitrogens is 2. The molecule has 8 heteroatoms. The highest BCUT2D eigenvalue weighted by molar-refractivity contribution is 7.89. The van der Waals surface area contributed by atoms with Crippen LogP contribution in [0.5, 0.6) is 0 Å². The van der Waals surface area contributed by atoms with E-state index < -0.39 is 10.0 Å². The number of nitrogens with zero attached hydrogens (tertiary/aromatic N) is 2. The highest BCUT2D eigenvalue weighted by atomic mass is 32.2. The largest absolute Gasteiger partial charge is 0.353 e. The maximum atomic E-state index is 12.1. The van der Waals surface area contributed by atoms with E-state index in [1.165, 1.54) is 18.2 Å². The molecule has 168 valence electrons. The van der Waals surface area contributed by atoms with Crippen LogP contribution in [0.2, 0.25) is 0 Å². The van der Waals surface area contributed by atoms with Crippen molar-refractivity contribution in [2.45, 2.75) is 31.6 Å². The first kappa shape index (κ1) is 23.4. The van der Waals surface area contributed by atoms with Crippen molar-refractivity contribution in [3.8, 4) is 5.69 Å². The Morgan fingerprint density at radius 1 is 1.09 bits per heavy atom. The number of sulfonamides is 1. The van der Waals surface area contributed by atoms with E-state index >= 15 is 0 Å². The summed E-state index contributed by atoms with van der Waals surface area (Å²) in [5.74, 6) is -0.189. The fourth-order valence-corrected chi connectivity index (χ4v) is 4.25. The summed E-state index contributed by atoms with van der Waals surface area (Å²) >= 11 is 0. The molecule has 0 aliphatic heterocycles. The van der Waals surface area contributed by atoms with Crippen molar-refractivity contribution in [2.24, 2.45) is 0 Å². The predicted octanol–water partition coefficient (Wildman–Crippen LogP) is 3.24. The zero-order valence-electron chi connectivity index (χ0n) is 18.3. The lowest BCUT2D eigenvalue weighted by atomic mass is 10.1. The van der Waals surface area contributed by atoms with Gasteiger partial charge in [-0.3, -0.25) is 4.79 Å². The lowest BCUT2D eigenvalue weighted by Crippen LogP contribution is -2.23. The van der Waals surface area contributed by atoms with Gasteiger partial charge in [0, 0.05) is 25.4 Å². The van der Waals surface area contributed by atoms with E-state index in [4.69, 9.17) is 0 Å². The van der Waals surface area contributed by atoms with E-state index in [2.05, 4.69) is 15.1 Å². The minimum absolute atomic E-state index is 0.189. The zero-order valence-corrected chi connectivity index (χ0v) is 19.1. The second-order valence-electron chi connectivity index (χ2n) is 7.32. The highest BCUT2D eigenvalue weighted by Gasteiger charge is 2.11. The lowest BCUT2D eigenvalue weighted by molar-refractivity contribution is -0.116. The smallest absolute Gasteiger partial charge is 0.243 e. The summed E-state index contributed by atoms with van der Waals surface area (Å²) in [4.78, 5) is 12.3. The third-order valence-corrected chi connectivity index (χ3v) is 6.46. The van der Waals surface area contributed by atoms with Crippen LogP contribution in [-0.2, 0) is 21.2 Å². The van der Waals surface area contributed by atoms with Crippen LogP contribution in [0, 0.1) is 6.92 Å². The van der Waals surface area contributed by atoms with Crippen molar-refractivity contribution < 1.29 is 13.2 Å². The first-order chi connectivity index (χ1) is 15.4. The zero-order chi connectivity index (χ0) is 23.0. The fourth-order valence-electron chi connectivity index (χ4n) is 3.21. The van der Waals surface area contributed by atoms with Crippen molar-refractivity contribution in [3.63, 3.8) is 0 Å². The normalized spacial score (nSPS) is 11.7. The number of carbonyl (C=O) groups is 1. The molecule has 0 saturated heterocycles. The summed E-state index contributed by atoms with van der Waals surface area (Å²) < 4.78 is 28.2. The van der Waals surface area contributed by atoms with Crippen molar-refractivity contribution in [3.05, 3.63) is 83.7 Å². The number of amides is 1. The van der Waals surface area contributed by atoms with Crippen molar-refractivity contribution in [1.82, 2.24) is 19.8 Å². The average molecular weight is 453 g/mol. The summed E-state index contributed by atoms with van der Waals surface area (Å²) in [5.41, 5.74) is 3.91. The van der Waals surface area contributed by atoms with Crippen molar-refractivity contribution >= 4 is 22.0 Å². The standard InChI is InChI=1S/C24H28N4O3S/c1-3-26-32(30,31)23-14-11-20(12-15-23)13-16-24(29)25-17-7-8-21-18-28(27-19(21)2)22-9-5-4-6-10-22/h4-6,9-16,18,26H,3,7-8,17H2,1-2H3,(H,25,29). The maximum absolute atomic E-state index is 12.1. The van der Waals surface area contributed by atoms with Gasteiger partial charge in [-0.25, -0.2) is 17.8 Å². The van der Waals surface area contributed by atoms with E-state index in [9.17, 15) is 13.2 Å². The monoisotopic (exact) mass is 452 g/mol. The van der Waals surface area contributed by atoms with Gasteiger partial charge < -0.3 is 5.32 Å². The molecule has 0 radical (unpaired) electrons. The molecule has 0 aliphatic rings. The number of carbonyl (C=O) groups excluding carboxylic acids is 1. The number of nitrogens with one attached hydrogen (secondary N) is 2. The van der Waals surface area contributed by atoms with Gasteiger partial charge in [-0.1, -0.05) is 37.3 Å². The summed E-state index contributed by atoms with van der Waals surface area (Å²) in [7, 11) is -3.47. The quantitative estimate of drug-likeness (QED) is 0.365. The van der Waals surface area contributed by atoms with Crippen LogP contribution in [0.3, 0.4) is 0 Å². The van der Waals surface area contributed by atoms with Gasteiger partial charge in [-0.15, -0.1) is 0 Å². The summed E-state index contributed by atoms with van der Waals surface area (Å²) in [6.45, 7) is 4.61. The van der Waals surface area contributed by atoms with E-state index in [0.717, 1.165) is 35.3 Å². The minimum Gasteiger partial charge on any atom is -0.353 e. The van der Waals surface area contributed by atoms with Gasteiger partial charge in [0.05, 0.1) is 16.3 Å². The minimum atomic E-state index is -3.47. The number of hydrogen-bond acceptors (Lipinski definition) is 4. The molecule has 1 heterocycles. The Kier molecular flexibility index (Phi) is 7.97. The number of rotatable bonds is 10. The van der Waals surface area contributed by atoms with Gasteiger partial charge in [-0.2, -0.15) is 5.10 Å². The Morgan fingerprint density at radius 3 is 2.50 bits per heavy atom. The van der Waals surface area contributed by atoms with Crippen molar-refractivity contribution in [1.29, 1.82) is 0 Å². The number of benzene rings is 2. The van der Waals surface area contributed by atoms with Crippen LogP contribution in [-0.4, -0.2) is 37.2 Å². The molecule has 2 aromatic carbocycles. The van der Waals surface area contributed by atoms with Crippen LogP contribution in [0.1, 0.15) is 30.2 Å². The SMILES string of the molecule is CCNS(=O)(=O)c1ccc(C=CC(=O)NCCCc2cn(-c3ccccc3)nc2C)cc1. The Balaban J connectivity index is 1.46. The molecule has 0 spiro atoms. The molecule has 0 fully saturated rings. The molecule has 0 aliphatic carbocycles. The third-order valence-electron chi connectivity index (χ3n) is 4.90. The highest BCUT2D eigenvalue weighted by Crippen LogP contribution is 2.13. The molecule has 0 atom stereocenters. The Hall–Kier alpha value is -3.23. The Morgan fingerprint density at radius 2 is 1.81 bits per heavy atom. The molecule has 32 heavy (non-hydrogen) atoms. The van der Waals surface area contributed by atoms with E-state index in [1.807, 2.05) is 48.1 Å². The van der Waals surface area contributed by atoms with Gasteiger partial charge in [0.25, 0.3) is 0 Å². The molecule has 0 saturated carbocycles. The molecule has 3 rings (SSSR count). The first-order valence-electron chi connectivity index (χ1n) is 10.6. The molecule has 2 N–H and O–H groups in total. The number of hydrogen-bond donors (Lipinski definition) is 2. The van der Waals surface area contributed by atoms with E-state index in [-0.39, 0.29) is 10.8 Å². The molecule has 7 nitrogen and oxygen atoms in total. The second kappa shape index (κ2) is 10.9. The van der Waals surface area contributed by atoms with Crippen LogP contribution in [0.4, 0.5) is 0 Å². The Labute approximate surface area is 189 Å². The predicted molar refractivity (Wildman–Crippen MR) is 126 cm³/mol. The molecular formula is C24H28N4O3S. The number of para-hydroxylation sites is 1. The molecule has 1 amide bonds. The average Bonchev–Trinajstić information content (AvgIpc) is 3.16. The molecular weight excluding hydrogens is 424 g/mol. The Bertz CT molecular complexity index is 1170.